The largest absolute Gasteiger partial charge is 0.495 e. The molecule has 34 heavy (non-hydrogen) atoms. The number of ether oxygens (including phenoxy) is 1. The van der Waals surface area contributed by atoms with E-state index in [1.165, 1.54) is 7.11 Å². The van der Waals surface area contributed by atoms with Gasteiger partial charge in [-0.05, 0) is 42.0 Å². The monoisotopic (exact) mass is 466 g/mol. The molecule has 0 spiro atoms. The first-order chi connectivity index (χ1) is 16.5. The number of nitrogens with zero attached hydrogens (tertiary/aromatic N) is 3. The molecule has 1 heterocycles. The Kier molecular flexibility index (Phi) is 6.64. The Morgan fingerprint density at radius 2 is 1.88 bits per heavy atom. The molecule has 0 unspecified atom stereocenters. The molecular weight excluding hydrogens is 448 g/mol. The second-order valence-corrected chi connectivity index (χ2v) is 7.90. The van der Waals surface area contributed by atoms with Crippen molar-refractivity contribution in [3.8, 4) is 17.9 Å². The molecule has 7 heteroatoms. The Balaban J connectivity index is 1.71. The van der Waals surface area contributed by atoms with E-state index in [1.54, 1.807) is 30.3 Å². The van der Waals surface area contributed by atoms with Gasteiger partial charge in [0, 0.05) is 34.2 Å². The molecule has 4 aromatic rings. The highest BCUT2D eigenvalue weighted by atomic mass is 35.5. The minimum absolute atomic E-state index is 0.0673. The molecule has 0 saturated heterocycles. The van der Waals surface area contributed by atoms with Crippen LogP contribution in [0.4, 0.5) is 5.69 Å². The number of anilines is 1. The van der Waals surface area contributed by atoms with E-state index in [2.05, 4.69) is 11.4 Å². The fourth-order valence-corrected chi connectivity index (χ4v) is 3.92. The van der Waals surface area contributed by atoms with Gasteiger partial charge in [-0.2, -0.15) is 10.5 Å². The lowest BCUT2D eigenvalue weighted by molar-refractivity contribution is -0.112. The van der Waals surface area contributed by atoms with Gasteiger partial charge in [-0.3, -0.25) is 4.79 Å². The van der Waals surface area contributed by atoms with Crippen molar-refractivity contribution >= 4 is 40.2 Å². The van der Waals surface area contributed by atoms with E-state index in [0.717, 1.165) is 22.0 Å². The summed E-state index contributed by atoms with van der Waals surface area (Å²) in [6.07, 6.45) is 3.44. The van der Waals surface area contributed by atoms with Crippen molar-refractivity contribution in [3.63, 3.8) is 0 Å². The summed E-state index contributed by atoms with van der Waals surface area (Å²) >= 11 is 6.05. The normalized spacial score (nSPS) is 11.0. The second-order valence-electron chi connectivity index (χ2n) is 7.47. The Hall–Kier alpha value is -4.52. The third kappa shape index (κ3) is 4.63. The Morgan fingerprint density at radius 3 is 2.65 bits per heavy atom. The van der Waals surface area contributed by atoms with Gasteiger partial charge in [-0.15, -0.1) is 0 Å². The number of methoxy groups -OCH3 is 1. The number of carbonyl (C=O) groups is 1. The van der Waals surface area contributed by atoms with Gasteiger partial charge in [-0.25, -0.2) is 0 Å². The van der Waals surface area contributed by atoms with Crippen LogP contribution < -0.4 is 10.1 Å². The summed E-state index contributed by atoms with van der Waals surface area (Å²) in [5.41, 5.74) is 3.43. The third-order valence-corrected chi connectivity index (χ3v) is 5.61. The number of nitriles is 2. The number of halogens is 1. The van der Waals surface area contributed by atoms with E-state index in [-0.39, 0.29) is 5.57 Å². The Labute approximate surface area is 201 Å². The number of carbonyl (C=O) groups excluding carboxylic acids is 1. The molecule has 0 aliphatic rings. The summed E-state index contributed by atoms with van der Waals surface area (Å²) < 4.78 is 7.27. The molecule has 1 N–H and O–H groups in total. The first-order valence-electron chi connectivity index (χ1n) is 10.4. The molecular formula is C27H19ClN4O2. The topological polar surface area (TPSA) is 90.8 Å². The summed E-state index contributed by atoms with van der Waals surface area (Å²) in [6, 6.07) is 24.2. The van der Waals surface area contributed by atoms with Crippen molar-refractivity contribution in [1.82, 2.24) is 4.57 Å². The van der Waals surface area contributed by atoms with Gasteiger partial charge in [0.2, 0.25) is 0 Å². The molecule has 0 bridgehead atoms. The highest BCUT2D eigenvalue weighted by molar-refractivity contribution is 6.31. The quantitative estimate of drug-likeness (QED) is 0.288. The number of benzene rings is 3. The van der Waals surface area contributed by atoms with Gasteiger partial charge in [0.05, 0.1) is 24.4 Å². The van der Waals surface area contributed by atoms with Crippen molar-refractivity contribution in [3.05, 3.63) is 100 Å². The van der Waals surface area contributed by atoms with Crippen LogP contribution in [-0.4, -0.2) is 17.6 Å². The van der Waals surface area contributed by atoms with Crippen molar-refractivity contribution < 1.29 is 9.53 Å². The molecule has 0 radical (unpaired) electrons. The van der Waals surface area contributed by atoms with Crippen molar-refractivity contribution in [2.45, 2.75) is 6.54 Å². The standard InChI is InChI=1S/C27H19ClN4O2/c1-34-26-11-10-22(28)13-24(26)31-27(33)20(15-30)12-21-17-32(25-9-5-4-8-23(21)25)16-19-7-3-2-6-18(19)14-29/h2-13,17H,16H2,1H3,(H,31,33)/b20-12+. The number of hydrogen-bond donors (Lipinski definition) is 1. The summed E-state index contributed by atoms with van der Waals surface area (Å²) in [4.78, 5) is 12.9. The van der Waals surface area contributed by atoms with Gasteiger partial charge in [0.25, 0.3) is 5.91 Å². The fourth-order valence-electron chi connectivity index (χ4n) is 3.74. The highest BCUT2D eigenvalue weighted by Crippen LogP contribution is 2.29. The van der Waals surface area contributed by atoms with E-state index in [4.69, 9.17) is 16.3 Å². The highest BCUT2D eigenvalue weighted by Gasteiger charge is 2.15. The average Bonchev–Trinajstić information content (AvgIpc) is 3.20. The first-order valence-corrected chi connectivity index (χ1v) is 10.7. The molecule has 166 valence electrons. The molecule has 0 saturated carbocycles. The predicted molar refractivity (Wildman–Crippen MR) is 132 cm³/mol. The molecule has 1 aromatic heterocycles. The minimum Gasteiger partial charge on any atom is -0.495 e. The van der Waals surface area contributed by atoms with Crippen LogP contribution in [0.5, 0.6) is 5.75 Å². The number of rotatable bonds is 6. The molecule has 3 aromatic carbocycles. The third-order valence-electron chi connectivity index (χ3n) is 5.37. The molecule has 6 nitrogen and oxygen atoms in total. The lowest BCUT2D eigenvalue weighted by Crippen LogP contribution is -2.14. The van der Waals surface area contributed by atoms with Crippen molar-refractivity contribution in [2.24, 2.45) is 0 Å². The zero-order valence-corrected chi connectivity index (χ0v) is 19.0. The van der Waals surface area contributed by atoms with E-state index < -0.39 is 5.91 Å². The Morgan fingerprint density at radius 1 is 1.12 bits per heavy atom. The van der Waals surface area contributed by atoms with E-state index in [1.807, 2.05) is 59.3 Å². The van der Waals surface area contributed by atoms with E-state index in [9.17, 15) is 15.3 Å². The molecule has 4 rings (SSSR count). The predicted octanol–water partition coefficient (Wildman–Crippen LogP) is 5.77. The van der Waals surface area contributed by atoms with Crippen LogP contribution in [0.2, 0.25) is 5.02 Å². The lowest BCUT2D eigenvalue weighted by Gasteiger charge is -2.10. The van der Waals surface area contributed by atoms with E-state index >= 15 is 0 Å². The smallest absolute Gasteiger partial charge is 0.266 e. The number of amides is 1. The molecule has 0 aliphatic carbocycles. The van der Waals surface area contributed by atoms with Crippen molar-refractivity contribution in [2.75, 3.05) is 12.4 Å². The zero-order valence-electron chi connectivity index (χ0n) is 18.2. The number of hydrogen-bond acceptors (Lipinski definition) is 4. The zero-order chi connectivity index (χ0) is 24.1. The van der Waals surface area contributed by atoms with Crippen LogP contribution in [0.25, 0.3) is 17.0 Å². The summed E-state index contributed by atoms with van der Waals surface area (Å²) in [7, 11) is 1.49. The van der Waals surface area contributed by atoms with Gasteiger partial charge in [-0.1, -0.05) is 48.0 Å². The summed E-state index contributed by atoms with van der Waals surface area (Å²) in [6.45, 7) is 0.478. The summed E-state index contributed by atoms with van der Waals surface area (Å²) in [5, 5.41) is 23.2. The molecule has 0 atom stereocenters. The van der Waals surface area contributed by atoms with Crippen LogP contribution in [0.3, 0.4) is 0 Å². The number of para-hydroxylation sites is 1. The minimum atomic E-state index is -0.574. The SMILES string of the molecule is COc1ccc(Cl)cc1NC(=O)/C(C#N)=C/c1cn(Cc2ccccc2C#N)c2ccccc12. The van der Waals surface area contributed by atoms with Gasteiger partial charge >= 0.3 is 0 Å². The van der Waals surface area contributed by atoms with Gasteiger partial charge in [0.1, 0.15) is 17.4 Å². The van der Waals surface area contributed by atoms with Crippen LogP contribution in [0.15, 0.2) is 78.5 Å². The average molecular weight is 467 g/mol. The molecule has 0 aliphatic heterocycles. The second kappa shape index (κ2) is 9.95. The Bertz CT molecular complexity index is 1510. The van der Waals surface area contributed by atoms with Gasteiger partial charge in [0.15, 0.2) is 0 Å². The lowest BCUT2D eigenvalue weighted by atomic mass is 10.1. The molecule has 1 amide bonds. The van der Waals surface area contributed by atoms with Crippen LogP contribution in [0.1, 0.15) is 16.7 Å². The number of aromatic nitrogens is 1. The number of nitrogens with one attached hydrogen (secondary N) is 1. The summed E-state index contributed by atoms with van der Waals surface area (Å²) in [5.74, 6) is -0.141. The van der Waals surface area contributed by atoms with Crippen molar-refractivity contribution in [1.29, 1.82) is 10.5 Å². The van der Waals surface area contributed by atoms with Crippen LogP contribution >= 0.6 is 11.6 Å². The number of fused-ring (bicyclic) bond motifs is 1. The first kappa shape index (κ1) is 22.7. The van der Waals surface area contributed by atoms with E-state index in [0.29, 0.717) is 28.6 Å². The maximum absolute atomic E-state index is 12.9. The van der Waals surface area contributed by atoms with Crippen LogP contribution in [0, 0.1) is 22.7 Å². The maximum Gasteiger partial charge on any atom is 0.266 e. The molecule has 0 fully saturated rings. The van der Waals surface area contributed by atoms with Gasteiger partial charge < -0.3 is 14.6 Å². The van der Waals surface area contributed by atoms with Crippen LogP contribution in [-0.2, 0) is 11.3 Å². The fraction of sp³-hybridized carbons (Fsp3) is 0.0741. The maximum atomic E-state index is 12.9.